The summed E-state index contributed by atoms with van der Waals surface area (Å²) in [5.74, 6) is 5.73. The van der Waals surface area contributed by atoms with Crippen LogP contribution in [0.3, 0.4) is 0 Å². The molecule has 5 heteroatoms. The highest BCUT2D eigenvalue weighted by atomic mass is 32.1. The number of nitrogens with two attached hydrogens (primary N) is 2. The maximum absolute atomic E-state index is 11.3. The summed E-state index contributed by atoms with van der Waals surface area (Å²) in [5, 5.41) is 0. The largest absolute Gasteiger partial charge is 0.369 e. The fraction of sp³-hybridized carbons (Fsp3) is 0.533. The van der Waals surface area contributed by atoms with Crippen molar-refractivity contribution in [1.82, 2.24) is 4.90 Å². The molecule has 20 heavy (non-hydrogen) atoms. The van der Waals surface area contributed by atoms with Crippen LogP contribution < -0.4 is 11.5 Å². The van der Waals surface area contributed by atoms with Gasteiger partial charge < -0.3 is 11.5 Å². The smallest absolute Gasteiger partial charge is 0.221 e. The van der Waals surface area contributed by atoms with Crippen LogP contribution in [0.4, 0.5) is 0 Å². The van der Waals surface area contributed by atoms with Gasteiger partial charge >= 0.3 is 0 Å². The van der Waals surface area contributed by atoms with E-state index in [0.717, 1.165) is 30.8 Å². The SMILES string of the molecule is CC1CCC(C(N)=O)CN1Cc1ccc(C#CCN)s1. The Morgan fingerprint density at radius 2 is 2.30 bits per heavy atom. The maximum Gasteiger partial charge on any atom is 0.221 e. The number of carbonyl (C=O) groups excluding carboxylic acids is 1. The molecule has 2 heterocycles. The summed E-state index contributed by atoms with van der Waals surface area (Å²) in [7, 11) is 0. The van der Waals surface area contributed by atoms with E-state index in [9.17, 15) is 4.79 Å². The van der Waals surface area contributed by atoms with Gasteiger partial charge in [0, 0.05) is 24.0 Å². The highest BCUT2D eigenvalue weighted by molar-refractivity contribution is 7.12. The van der Waals surface area contributed by atoms with Crippen molar-refractivity contribution in [2.24, 2.45) is 17.4 Å². The van der Waals surface area contributed by atoms with Gasteiger partial charge in [0.2, 0.25) is 5.91 Å². The first-order valence-corrected chi connectivity index (χ1v) is 7.73. The molecule has 0 aliphatic carbocycles. The monoisotopic (exact) mass is 291 g/mol. The predicted octanol–water partition coefficient (Wildman–Crippen LogP) is 1.14. The zero-order valence-corrected chi connectivity index (χ0v) is 12.6. The van der Waals surface area contributed by atoms with Crippen molar-refractivity contribution in [3.05, 3.63) is 21.9 Å². The highest BCUT2D eigenvalue weighted by Crippen LogP contribution is 2.25. The van der Waals surface area contributed by atoms with Crippen molar-refractivity contribution < 1.29 is 4.79 Å². The molecule has 1 aromatic heterocycles. The molecule has 1 saturated heterocycles. The van der Waals surface area contributed by atoms with Crippen LogP contribution >= 0.6 is 11.3 Å². The summed E-state index contributed by atoms with van der Waals surface area (Å²) in [6, 6.07) is 4.63. The molecule has 2 rings (SSSR count). The van der Waals surface area contributed by atoms with E-state index in [-0.39, 0.29) is 11.8 Å². The molecule has 1 aromatic rings. The van der Waals surface area contributed by atoms with Crippen LogP contribution in [0.25, 0.3) is 0 Å². The van der Waals surface area contributed by atoms with Crippen molar-refractivity contribution in [1.29, 1.82) is 0 Å². The molecule has 0 radical (unpaired) electrons. The van der Waals surface area contributed by atoms with Crippen LogP contribution in [0.5, 0.6) is 0 Å². The van der Waals surface area contributed by atoms with E-state index in [4.69, 9.17) is 11.5 Å². The third-order valence-corrected chi connectivity index (χ3v) is 4.73. The van der Waals surface area contributed by atoms with Gasteiger partial charge in [-0.25, -0.2) is 0 Å². The van der Waals surface area contributed by atoms with Gasteiger partial charge in [0.15, 0.2) is 0 Å². The van der Waals surface area contributed by atoms with Gasteiger partial charge in [0.25, 0.3) is 0 Å². The number of hydrogen-bond acceptors (Lipinski definition) is 4. The molecule has 4 nitrogen and oxygen atoms in total. The number of likely N-dealkylation sites (tertiary alicyclic amines) is 1. The number of amides is 1. The first kappa shape index (κ1) is 15.0. The number of nitrogens with zero attached hydrogens (tertiary/aromatic N) is 1. The Balaban J connectivity index is 2.00. The second kappa shape index (κ2) is 6.89. The summed E-state index contributed by atoms with van der Waals surface area (Å²) in [4.78, 5) is 16.0. The molecule has 1 aliphatic heterocycles. The van der Waals surface area contributed by atoms with Gasteiger partial charge in [0.05, 0.1) is 17.3 Å². The number of thiophene rings is 1. The first-order valence-electron chi connectivity index (χ1n) is 6.91. The van der Waals surface area contributed by atoms with Crippen molar-refractivity contribution in [3.63, 3.8) is 0 Å². The van der Waals surface area contributed by atoms with E-state index >= 15 is 0 Å². The van der Waals surface area contributed by atoms with Gasteiger partial charge in [0.1, 0.15) is 0 Å². The number of piperidine rings is 1. The topological polar surface area (TPSA) is 72.4 Å². The van der Waals surface area contributed by atoms with E-state index in [1.807, 2.05) is 6.07 Å². The van der Waals surface area contributed by atoms with E-state index in [2.05, 4.69) is 29.7 Å². The van der Waals surface area contributed by atoms with Crippen LogP contribution in [0.15, 0.2) is 12.1 Å². The highest BCUT2D eigenvalue weighted by Gasteiger charge is 2.28. The Morgan fingerprint density at radius 1 is 1.50 bits per heavy atom. The van der Waals surface area contributed by atoms with Crippen LogP contribution in [0.1, 0.15) is 29.5 Å². The van der Waals surface area contributed by atoms with E-state index < -0.39 is 0 Å². The lowest BCUT2D eigenvalue weighted by Crippen LogP contribution is -2.45. The molecule has 0 aromatic carbocycles. The predicted molar refractivity (Wildman–Crippen MR) is 82.0 cm³/mol. The molecule has 1 fully saturated rings. The third-order valence-electron chi connectivity index (χ3n) is 3.75. The van der Waals surface area contributed by atoms with E-state index in [0.29, 0.717) is 12.6 Å². The lowest BCUT2D eigenvalue weighted by atomic mass is 9.93. The molecule has 2 unspecified atom stereocenters. The minimum absolute atomic E-state index is 0.0114. The van der Waals surface area contributed by atoms with Gasteiger partial charge in [-0.05, 0) is 31.9 Å². The minimum Gasteiger partial charge on any atom is -0.369 e. The average molecular weight is 291 g/mol. The van der Waals surface area contributed by atoms with E-state index in [1.54, 1.807) is 11.3 Å². The quantitative estimate of drug-likeness (QED) is 0.820. The van der Waals surface area contributed by atoms with Gasteiger partial charge in [-0.1, -0.05) is 11.8 Å². The van der Waals surface area contributed by atoms with Gasteiger partial charge in [-0.15, -0.1) is 11.3 Å². The number of hydrogen-bond donors (Lipinski definition) is 2. The number of carbonyl (C=O) groups is 1. The van der Waals surface area contributed by atoms with Crippen molar-refractivity contribution in [3.8, 4) is 11.8 Å². The fourth-order valence-electron chi connectivity index (χ4n) is 2.50. The molecule has 0 spiro atoms. The zero-order valence-electron chi connectivity index (χ0n) is 11.8. The normalized spacial score (nSPS) is 23.1. The molecule has 4 N–H and O–H groups in total. The average Bonchev–Trinajstić information content (AvgIpc) is 2.86. The van der Waals surface area contributed by atoms with Crippen molar-refractivity contribution >= 4 is 17.2 Å². The van der Waals surface area contributed by atoms with Crippen molar-refractivity contribution in [2.45, 2.75) is 32.4 Å². The number of primary amides is 1. The Labute approximate surface area is 124 Å². The summed E-state index contributed by atoms with van der Waals surface area (Å²) < 4.78 is 0. The second-order valence-electron chi connectivity index (χ2n) is 5.23. The molecular formula is C15H21N3OS. The molecule has 1 aliphatic rings. The minimum atomic E-state index is -0.178. The number of rotatable bonds is 3. The summed E-state index contributed by atoms with van der Waals surface area (Å²) in [5.41, 5.74) is 10.8. The van der Waals surface area contributed by atoms with Crippen LogP contribution in [0, 0.1) is 17.8 Å². The van der Waals surface area contributed by atoms with Gasteiger partial charge in [-0.2, -0.15) is 0 Å². The molecular weight excluding hydrogens is 270 g/mol. The molecule has 0 saturated carbocycles. The molecule has 2 atom stereocenters. The van der Waals surface area contributed by atoms with Gasteiger partial charge in [-0.3, -0.25) is 9.69 Å². The second-order valence-corrected chi connectivity index (χ2v) is 6.40. The van der Waals surface area contributed by atoms with Crippen LogP contribution in [-0.2, 0) is 11.3 Å². The Bertz CT molecular complexity index is 529. The fourth-order valence-corrected chi connectivity index (χ4v) is 3.41. The Morgan fingerprint density at radius 3 is 3.00 bits per heavy atom. The Hall–Kier alpha value is -1.35. The lowest BCUT2D eigenvalue weighted by Gasteiger charge is -2.36. The van der Waals surface area contributed by atoms with Crippen LogP contribution in [-0.4, -0.2) is 29.9 Å². The summed E-state index contributed by atoms with van der Waals surface area (Å²) in [6.45, 7) is 4.22. The maximum atomic E-state index is 11.3. The molecule has 1 amide bonds. The van der Waals surface area contributed by atoms with E-state index in [1.165, 1.54) is 4.88 Å². The lowest BCUT2D eigenvalue weighted by molar-refractivity contribution is -0.124. The zero-order chi connectivity index (χ0) is 14.5. The first-order chi connectivity index (χ1) is 9.60. The summed E-state index contributed by atoms with van der Waals surface area (Å²) in [6.07, 6.45) is 1.93. The Kier molecular flexibility index (Phi) is 5.18. The third kappa shape index (κ3) is 3.83. The molecule has 108 valence electrons. The molecule has 0 bridgehead atoms. The summed E-state index contributed by atoms with van der Waals surface area (Å²) >= 11 is 1.69. The standard InChI is InChI=1S/C15H21N3OS/c1-11-4-5-12(15(17)19)9-18(11)10-14-7-6-13(20-14)3-2-8-16/h6-7,11-12H,4-5,8-10,16H2,1H3,(H2,17,19). The van der Waals surface area contributed by atoms with Crippen LogP contribution in [0.2, 0.25) is 0 Å². The van der Waals surface area contributed by atoms with Crippen molar-refractivity contribution in [2.75, 3.05) is 13.1 Å².